The fraction of sp³-hybridized carbons (Fsp3) is 0.125. The first-order chi connectivity index (χ1) is 61.4. The number of carbonyl (C=O) groups is 12. The lowest BCUT2D eigenvalue weighted by molar-refractivity contribution is -0.212. The summed E-state index contributed by atoms with van der Waals surface area (Å²) >= 11 is 0. The smallest absolute Gasteiger partial charge is 0.432 e. The van der Waals surface area contributed by atoms with Crippen LogP contribution < -0.4 is 0 Å². The third-order valence-corrected chi connectivity index (χ3v) is 19.1. The van der Waals surface area contributed by atoms with Gasteiger partial charge in [0.2, 0.25) is 0 Å². The highest BCUT2D eigenvalue weighted by molar-refractivity contribution is 5.95. The van der Waals surface area contributed by atoms with Crippen molar-refractivity contribution in [2.75, 3.05) is 39.6 Å². The van der Waals surface area contributed by atoms with Crippen LogP contribution in [0.15, 0.2) is 328 Å². The van der Waals surface area contributed by atoms with Crippen LogP contribution in [0.3, 0.4) is 0 Å². The molecule has 0 fully saturated rings. The molecule has 0 amide bonds. The zero-order valence-corrected chi connectivity index (χ0v) is 66.4. The predicted molar refractivity (Wildman–Crippen MR) is 442 cm³/mol. The van der Waals surface area contributed by atoms with Crippen molar-refractivity contribution < 1.29 is 145 Å². The Morgan fingerprint density at radius 2 is 0.341 bits per heavy atom. The van der Waals surface area contributed by atoms with E-state index in [0.29, 0.717) is 55.6 Å². The molecule has 0 saturated heterocycles. The fourth-order valence-electron chi connectivity index (χ4n) is 12.9. The highest BCUT2D eigenvalue weighted by Gasteiger charge is 2.40. The fourth-order valence-corrected chi connectivity index (χ4v) is 12.9. The molecule has 0 saturated carbocycles. The Kier molecular flexibility index (Phi) is 31.9. The maximum Gasteiger partial charge on any atom is 0.549 e. The van der Waals surface area contributed by atoms with E-state index in [0.717, 1.165) is 11.1 Å². The van der Waals surface area contributed by atoms with Crippen LogP contribution in [-0.4, -0.2) is 112 Å². The largest absolute Gasteiger partial charge is 0.549 e. The monoisotopic (exact) mass is 1710 g/mol. The molecule has 12 aromatic rings. The van der Waals surface area contributed by atoms with Gasteiger partial charge < -0.3 is 28.4 Å². The number of benzene rings is 12. The molecule has 12 rings (SSSR count). The standard InChI is InChI=1S/C96H74O30/c97-85(75-43-19-37-69(53-75)63-25-7-1-8-26-63)115-121-91(103)109-51-49-81(59-111-93(105)123-117-87(99)77-45-21-39-71(55-77)65-29-11-3-12-30-65)83(61-113-95(107)125-119-89(101)79-47-23-41-73(57-79)67-33-15-5-16-34-67)84(62-114-96(108)126-120-90(102)80-48-24-42-74(58-80)68-35-17-6-18-36-68)82(60-112-94(106)124-118-88(100)78-46-22-40-72(56-78)66-31-13-4-14-32-66)50-52-110-92(104)122-116-86(98)76-44-20-38-70(54-76)64-27-9-2-10-28-64/h1-48,53-58,81-84H,49-52,59-62H2. The van der Waals surface area contributed by atoms with Gasteiger partial charge in [-0.05, 0) is 152 Å². The summed E-state index contributed by atoms with van der Waals surface area (Å²) in [5.41, 5.74) is 7.07. The van der Waals surface area contributed by atoms with Crippen LogP contribution in [0, 0.1) is 23.7 Å². The molecule has 0 aliphatic heterocycles. The summed E-state index contributed by atoms with van der Waals surface area (Å²) in [6, 6.07) is 89.6. The highest BCUT2D eigenvalue weighted by Crippen LogP contribution is 2.36. The molecule has 638 valence electrons. The van der Waals surface area contributed by atoms with E-state index >= 15 is 0 Å². The second-order valence-corrected chi connectivity index (χ2v) is 27.3. The van der Waals surface area contributed by atoms with Crippen molar-refractivity contribution >= 4 is 72.7 Å². The molecule has 30 heteroatoms. The van der Waals surface area contributed by atoms with Gasteiger partial charge in [0.25, 0.3) is 0 Å². The van der Waals surface area contributed by atoms with Crippen molar-refractivity contribution in [3.05, 3.63) is 361 Å². The summed E-state index contributed by atoms with van der Waals surface area (Å²) in [5.74, 6) is -13.9. The quantitative estimate of drug-likeness (QED) is 0.0182. The van der Waals surface area contributed by atoms with Crippen LogP contribution in [0.4, 0.5) is 28.8 Å². The molecule has 0 heterocycles. The summed E-state index contributed by atoms with van der Waals surface area (Å²) in [4.78, 5) is 224. The molecule has 0 radical (unpaired) electrons. The molecule has 4 unspecified atom stereocenters. The van der Waals surface area contributed by atoms with Crippen molar-refractivity contribution in [1.82, 2.24) is 0 Å². The summed E-state index contributed by atoms with van der Waals surface area (Å²) in [7, 11) is 0. The molecule has 0 aliphatic rings. The average Bonchev–Trinajstić information content (AvgIpc) is 0.819. The number of hydrogen-bond donors (Lipinski definition) is 0. The molecule has 30 nitrogen and oxygen atoms in total. The molecular weight excluding hydrogens is 1630 g/mol. The van der Waals surface area contributed by atoms with E-state index in [2.05, 4.69) is 0 Å². The van der Waals surface area contributed by atoms with E-state index in [9.17, 15) is 57.5 Å². The third-order valence-electron chi connectivity index (χ3n) is 19.1. The lowest BCUT2D eigenvalue weighted by atomic mass is 9.74. The lowest BCUT2D eigenvalue weighted by Gasteiger charge is -2.36. The molecule has 12 aromatic carbocycles. The van der Waals surface area contributed by atoms with Crippen LogP contribution in [0.25, 0.3) is 66.8 Å². The second-order valence-electron chi connectivity index (χ2n) is 27.3. The Hall–Kier alpha value is -16.9. The molecule has 0 aliphatic carbocycles. The maximum absolute atomic E-state index is 14.2. The summed E-state index contributed by atoms with van der Waals surface area (Å²) in [6.07, 6.45) is -11.7. The first kappa shape index (κ1) is 88.4. The Bertz CT molecular complexity index is 5410. The van der Waals surface area contributed by atoms with E-state index < -0.39 is 149 Å². The van der Waals surface area contributed by atoms with Gasteiger partial charge in [-0.2, -0.15) is 28.8 Å². The first-order valence-electron chi connectivity index (χ1n) is 38.7. The normalized spacial score (nSPS) is 11.5. The van der Waals surface area contributed by atoms with Gasteiger partial charge in [0.05, 0.1) is 73.0 Å². The first-order valence-corrected chi connectivity index (χ1v) is 38.7. The Labute approximate surface area is 717 Å². The number of hydrogen-bond acceptors (Lipinski definition) is 30. The molecule has 0 spiro atoms. The van der Waals surface area contributed by atoms with Gasteiger partial charge in [-0.1, -0.05) is 255 Å². The molecular formula is C96H74O30. The molecule has 126 heavy (non-hydrogen) atoms. The van der Waals surface area contributed by atoms with Gasteiger partial charge in [0, 0.05) is 23.7 Å². The van der Waals surface area contributed by atoms with E-state index in [1.54, 1.807) is 231 Å². The SMILES string of the molecule is O=C(OCCC(COC(=O)OOC(=O)c1cccc(-c2ccccc2)c1)C(COC(=O)OOC(=O)c1cccc(-c2ccccc2)c1)C(COC(=O)OOC(=O)c1cccc(-c2ccccc2)c1)C(CCOC(=O)OOC(=O)c1cccc(-c2ccccc2)c1)COC(=O)OOC(=O)c1cccc(-c2ccccc2)c1)OOC(=O)c1cccc(-c2ccccc2)c1. The minimum atomic E-state index is -1.78. The third kappa shape index (κ3) is 26.5. The van der Waals surface area contributed by atoms with E-state index in [1.807, 2.05) is 0 Å². The molecule has 0 N–H and O–H groups in total. The Balaban J connectivity index is 0.870. The average molecular weight is 1710 g/mol. The van der Waals surface area contributed by atoms with Crippen LogP contribution in [0.2, 0.25) is 0 Å². The van der Waals surface area contributed by atoms with E-state index in [-0.39, 0.29) is 33.4 Å². The predicted octanol–water partition coefficient (Wildman–Crippen LogP) is 19.8. The van der Waals surface area contributed by atoms with Gasteiger partial charge in [-0.15, -0.1) is 0 Å². The number of rotatable bonds is 29. The van der Waals surface area contributed by atoms with Crippen molar-refractivity contribution in [2.45, 2.75) is 12.8 Å². The second kappa shape index (κ2) is 45.5. The van der Waals surface area contributed by atoms with Gasteiger partial charge in [-0.25, -0.2) is 87.4 Å². The van der Waals surface area contributed by atoms with Gasteiger partial charge in [0.1, 0.15) is 0 Å². The maximum atomic E-state index is 14.2. The number of ether oxygens (including phenoxy) is 6. The topological polar surface area (TPSA) is 371 Å². The van der Waals surface area contributed by atoms with E-state index in [4.69, 9.17) is 87.1 Å². The zero-order chi connectivity index (χ0) is 88.2. The van der Waals surface area contributed by atoms with Crippen molar-refractivity contribution in [3.8, 4) is 66.8 Å². The summed E-state index contributed by atoms with van der Waals surface area (Å²) in [6.45, 7) is -6.07. The molecule has 0 aromatic heterocycles. The van der Waals surface area contributed by atoms with Gasteiger partial charge >= 0.3 is 72.7 Å². The number of carbonyl (C=O) groups excluding carboxylic acids is 12. The lowest BCUT2D eigenvalue weighted by Crippen LogP contribution is -2.41. The van der Waals surface area contributed by atoms with Crippen LogP contribution in [0.1, 0.15) is 75.0 Å². The van der Waals surface area contributed by atoms with Gasteiger partial charge in [0.15, 0.2) is 0 Å². The summed E-state index contributed by atoms with van der Waals surface area (Å²) in [5, 5.41) is 0. The minimum Gasteiger partial charge on any atom is -0.432 e. The van der Waals surface area contributed by atoms with Crippen molar-refractivity contribution in [1.29, 1.82) is 0 Å². The molecule has 4 atom stereocenters. The Morgan fingerprint density at radius 1 is 0.175 bits per heavy atom. The van der Waals surface area contributed by atoms with Crippen LogP contribution >= 0.6 is 0 Å². The Morgan fingerprint density at radius 3 is 0.532 bits per heavy atom. The minimum absolute atomic E-state index is 0.0684. The van der Waals surface area contributed by atoms with Crippen LogP contribution in [-0.2, 0) is 87.1 Å². The van der Waals surface area contributed by atoms with Crippen LogP contribution in [0.5, 0.6) is 0 Å². The van der Waals surface area contributed by atoms with E-state index in [1.165, 1.54) is 97.1 Å². The summed E-state index contributed by atoms with van der Waals surface area (Å²) < 4.78 is 33.5. The van der Waals surface area contributed by atoms with Crippen molar-refractivity contribution in [2.24, 2.45) is 23.7 Å². The van der Waals surface area contributed by atoms with Crippen molar-refractivity contribution in [3.63, 3.8) is 0 Å². The zero-order valence-electron chi connectivity index (χ0n) is 66.4. The highest BCUT2D eigenvalue weighted by atomic mass is 17.3. The van der Waals surface area contributed by atoms with Gasteiger partial charge in [-0.3, -0.25) is 0 Å². The molecule has 0 bridgehead atoms.